The molecule has 1 amide bonds. The molecule has 1 N–H and O–H groups in total. The number of aromatic amines is 1. The molecule has 2 heterocycles. The van der Waals surface area contributed by atoms with E-state index in [4.69, 9.17) is 9.47 Å². The van der Waals surface area contributed by atoms with Gasteiger partial charge in [0.05, 0.1) is 20.3 Å². The second-order valence-corrected chi connectivity index (χ2v) is 6.17. The Labute approximate surface area is 146 Å². The molecule has 1 aliphatic heterocycles. The topological polar surface area (TPSA) is 54.6 Å². The van der Waals surface area contributed by atoms with Gasteiger partial charge in [-0.25, -0.2) is 0 Å². The van der Waals surface area contributed by atoms with Crippen LogP contribution in [0.2, 0.25) is 0 Å². The van der Waals surface area contributed by atoms with E-state index >= 15 is 0 Å². The van der Waals surface area contributed by atoms with Gasteiger partial charge in [-0.2, -0.15) is 0 Å². The van der Waals surface area contributed by atoms with Gasteiger partial charge in [-0.15, -0.1) is 0 Å². The Morgan fingerprint density at radius 3 is 2.84 bits per heavy atom. The molecule has 1 aromatic heterocycles. The number of ether oxygens (including phenoxy) is 2. The van der Waals surface area contributed by atoms with Crippen LogP contribution in [0.4, 0.5) is 0 Å². The smallest absolute Gasteiger partial charge is 0.270 e. The molecule has 1 saturated heterocycles. The van der Waals surface area contributed by atoms with Crippen LogP contribution >= 0.6 is 0 Å². The van der Waals surface area contributed by atoms with Crippen molar-refractivity contribution < 1.29 is 14.3 Å². The third-order valence-corrected chi connectivity index (χ3v) is 4.63. The highest BCUT2D eigenvalue weighted by Gasteiger charge is 2.26. The Hall–Kier alpha value is -2.79. The molecule has 0 spiro atoms. The number of nitrogens with one attached hydrogen (secondary N) is 1. The number of methoxy groups -OCH3 is 1. The van der Waals surface area contributed by atoms with Crippen molar-refractivity contribution in [3.05, 3.63) is 66.0 Å². The van der Waals surface area contributed by atoms with E-state index in [0.717, 1.165) is 22.1 Å². The minimum atomic E-state index is -0.112. The molecule has 1 fully saturated rings. The number of fused-ring (bicyclic) bond motifs is 1. The number of amides is 1. The lowest BCUT2D eigenvalue weighted by Crippen LogP contribution is -2.42. The zero-order valence-electron chi connectivity index (χ0n) is 14.1. The molecular weight excluding hydrogens is 316 g/mol. The van der Waals surface area contributed by atoms with Crippen LogP contribution in [0.25, 0.3) is 10.8 Å². The number of carbonyl (C=O) groups is 1. The van der Waals surface area contributed by atoms with E-state index in [9.17, 15) is 4.79 Å². The van der Waals surface area contributed by atoms with Gasteiger partial charge in [-0.05, 0) is 46.7 Å². The van der Waals surface area contributed by atoms with Gasteiger partial charge in [0.2, 0.25) is 0 Å². The monoisotopic (exact) mass is 336 g/mol. The maximum atomic E-state index is 12.5. The Bertz CT molecular complexity index is 889. The van der Waals surface area contributed by atoms with Crippen LogP contribution in [0.3, 0.4) is 0 Å². The Morgan fingerprint density at radius 2 is 2.04 bits per heavy atom. The van der Waals surface area contributed by atoms with Crippen molar-refractivity contribution >= 4 is 16.7 Å². The predicted octanol–water partition coefficient (Wildman–Crippen LogP) is 3.39. The molecule has 3 aromatic rings. The SMILES string of the molecule is COc1ccc2cc([C@H]3CN(C(=O)c4ccc[nH]4)CCO3)ccc2c1. The highest BCUT2D eigenvalue weighted by atomic mass is 16.5. The molecule has 128 valence electrons. The number of H-pyrrole nitrogens is 1. The average molecular weight is 336 g/mol. The number of benzene rings is 2. The second-order valence-electron chi connectivity index (χ2n) is 6.17. The van der Waals surface area contributed by atoms with Crippen molar-refractivity contribution in [3.63, 3.8) is 0 Å². The summed E-state index contributed by atoms with van der Waals surface area (Å²) in [7, 11) is 1.67. The third-order valence-electron chi connectivity index (χ3n) is 4.63. The molecule has 0 radical (unpaired) electrons. The van der Waals surface area contributed by atoms with Gasteiger partial charge in [0.25, 0.3) is 5.91 Å². The predicted molar refractivity (Wildman–Crippen MR) is 95.9 cm³/mol. The molecule has 5 heteroatoms. The van der Waals surface area contributed by atoms with E-state index in [-0.39, 0.29) is 12.0 Å². The number of hydrogen-bond acceptors (Lipinski definition) is 3. The van der Waals surface area contributed by atoms with E-state index in [1.165, 1.54) is 0 Å². The van der Waals surface area contributed by atoms with Gasteiger partial charge in [0.15, 0.2) is 0 Å². The van der Waals surface area contributed by atoms with Crippen LogP contribution in [-0.2, 0) is 4.74 Å². The summed E-state index contributed by atoms with van der Waals surface area (Å²) in [6.45, 7) is 1.70. The molecular formula is C20H20N2O3. The maximum Gasteiger partial charge on any atom is 0.270 e. The molecule has 5 nitrogen and oxygen atoms in total. The van der Waals surface area contributed by atoms with Crippen LogP contribution in [0.5, 0.6) is 5.75 Å². The van der Waals surface area contributed by atoms with Crippen LogP contribution < -0.4 is 4.74 Å². The molecule has 0 aliphatic carbocycles. The fraction of sp³-hybridized carbons (Fsp3) is 0.250. The van der Waals surface area contributed by atoms with Gasteiger partial charge in [-0.3, -0.25) is 4.79 Å². The van der Waals surface area contributed by atoms with Crippen LogP contribution in [0.1, 0.15) is 22.2 Å². The summed E-state index contributed by atoms with van der Waals surface area (Å²) in [6, 6.07) is 15.9. The first kappa shape index (κ1) is 15.7. The zero-order chi connectivity index (χ0) is 17.2. The van der Waals surface area contributed by atoms with Crippen molar-refractivity contribution in [3.8, 4) is 5.75 Å². The normalized spacial score (nSPS) is 17.6. The lowest BCUT2D eigenvalue weighted by molar-refractivity contribution is -0.0229. The van der Waals surface area contributed by atoms with Gasteiger partial charge in [0, 0.05) is 12.7 Å². The molecule has 25 heavy (non-hydrogen) atoms. The summed E-state index contributed by atoms with van der Waals surface area (Å²) in [5.41, 5.74) is 1.70. The van der Waals surface area contributed by atoms with Crippen LogP contribution in [-0.4, -0.2) is 42.6 Å². The fourth-order valence-electron chi connectivity index (χ4n) is 3.24. The summed E-state index contributed by atoms with van der Waals surface area (Å²) < 4.78 is 11.2. The van der Waals surface area contributed by atoms with E-state index in [1.54, 1.807) is 19.4 Å². The highest BCUT2D eigenvalue weighted by molar-refractivity contribution is 5.92. The fourth-order valence-corrected chi connectivity index (χ4v) is 3.24. The first-order valence-corrected chi connectivity index (χ1v) is 8.36. The van der Waals surface area contributed by atoms with E-state index in [2.05, 4.69) is 23.2 Å². The highest BCUT2D eigenvalue weighted by Crippen LogP contribution is 2.28. The average Bonchev–Trinajstić information content (AvgIpc) is 3.21. The zero-order valence-corrected chi connectivity index (χ0v) is 14.1. The van der Waals surface area contributed by atoms with Crippen molar-refractivity contribution in [2.45, 2.75) is 6.10 Å². The van der Waals surface area contributed by atoms with Crippen molar-refractivity contribution in [1.29, 1.82) is 0 Å². The third kappa shape index (κ3) is 3.10. The van der Waals surface area contributed by atoms with Gasteiger partial charge in [-0.1, -0.05) is 18.2 Å². The number of morpholine rings is 1. The maximum absolute atomic E-state index is 12.5. The van der Waals surface area contributed by atoms with E-state index in [1.807, 2.05) is 29.2 Å². The first-order chi connectivity index (χ1) is 12.2. The van der Waals surface area contributed by atoms with Crippen molar-refractivity contribution in [2.24, 2.45) is 0 Å². The molecule has 2 aromatic carbocycles. The van der Waals surface area contributed by atoms with Crippen molar-refractivity contribution in [2.75, 3.05) is 26.8 Å². The molecule has 0 bridgehead atoms. The minimum Gasteiger partial charge on any atom is -0.497 e. The molecule has 4 rings (SSSR count). The van der Waals surface area contributed by atoms with Gasteiger partial charge >= 0.3 is 0 Å². The first-order valence-electron chi connectivity index (χ1n) is 8.36. The number of nitrogens with zero attached hydrogens (tertiary/aromatic N) is 1. The lowest BCUT2D eigenvalue weighted by atomic mass is 10.0. The lowest BCUT2D eigenvalue weighted by Gasteiger charge is -2.33. The Kier molecular flexibility index (Phi) is 4.15. The van der Waals surface area contributed by atoms with Gasteiger partial charge < -0.3 is 19.4 Å². The molecule has 0 saturated carbocycles. The Morgan fingerprint density at radius 1 is 1.20 bits per heavy atom. The minimum absolute atomic E-state index is 0.0174. The van der Waals surface area contributed by atoms with Gasteiger partial charge in [0.1, 0.15) is 17.5 Å². The quantitative estimate of drug-likeness (QED) is 0.798. The van der Waals surface area contributed by atoms with E-state index < -0.39 is 0 Å². The van der Waals surface area contributed by atoms with E-state index in [0.29, 0.717) is 25.4 Å². The molecule has 0 unspecified atom stereocenters. The summed E-state index contributed by atoms with van der Waals surface area (Å²) in [5.74, 6) is 0.862. The standard InChI is InChI=1S/C20H20N2O3/c1-24-17-7-6-14-11-16(5-4-15(14)12-17)19-13-22(9-10-25-19)20(23)18-3-2-8-21-18/h2-8,11-12,19,21H,9-10,13H2,1H3/t19-/m1/s1. The number of carbonyl (C=O) groups excluding carboxylic acids is 1. The number of rotatable bonds is 3. The van der Waals surface area contributed by atoms with Crippen LogP contribution in [0, 0.1) is 0 Å². The summed E-state index contributed by atoms with van der Waals surface area (Å²) >= 11 is 0. The van der Waals surface area contributed by atoms with Crippen molar-refractivity contribution in [1.82, 2.24) is 9.88 Å². The number of hydrogen-bond donors (Lipinski definition) is 1. The second kappa shape index (κ2) is 6.61. The molecule has 1 atom stereocenters. The molecule has 1 aliphatic rings. The van der Waals surface area contributed by atoms with Crippen LogP contribution in [0.15, 0.2) is 54.7 Å². The number of aromatic nitrogens is 1. The summed E-state index contributed by atoms with van der Waals surface area (Å²) in [6.07, 6.45) is 1.65. The summed E-state index contributed by atoms with van der Waals surface area (Å²) in [4.78, 5) is 17.4. The Balaban J connectivity index is 1.56. The largest absolute Gasteiger partial charge is 0.497 e. The summed E-state index contributed by atoms with van der Waals surface area (Å²) in [5, 5.41) is 2.26.